The van der Waals surface area contributed by atoms with E-state index in [0.29, 0.717) is 29.8 Å². The van der Waals surface area contributed by atoms with E-state index in [1.54, 1.807) is 25.3 Å². The highest BCUT2D eigenvalue weighted by Gasteiger charge is 2.14. The molecule has 7 heteroatoms. The molecule has 3 aromatic rings. The second-order valence-corrected chi connectivity index (χ2v) is 6.47. The Kier molecular flexibility index (Phi) is 5.42. The van der Waals surface area contributed by atoms with Gasteiger partial charge in [-0.15, -0.1) is 0 Å². The lowest BCUT2D eigenvalue weighted by Crippen LogP contribution is -1.97. The summed E-state index contributed by atoms with van der Waals surface area (Å²) in [6.45, 7) is 2.67. The monoisotopic (exact) mass is 452 g/mol. The van der Waals surface area contributed by atoms with Crippen LogP contribution in [0.5, 0.6) is 17.2 Å². The van der Waals surface area contributed by atoms with Crippen LogP contribution in [0.2, 0.25) is 0 Å². The number of methoxy groups -OCH3 is 1. The molecule has 1 aromatic heterocycles. The van der Waals surface area contributed by atoms with Crippen molar-refractivity contribution in [3.05, 3.63) is 40.0 Å². The van der Waals surface area contributed by atoms with Gasteiger partial charge in [0.1, 0.15) is 5.75 Å². The predicted molar refractivity (Wildman–Crippen MR) is 102 cm³/mol. The second kappa shape index (κ2) is 7.73. The molecule has 0 unspecified atom stereocenters. The van der Waals surface area contributed by atoms with Crippen LogP contribution in [0.3, 0.4) is 0 Å². The molecule has 0 aliphatic heterocycles. The van der Waals surface area contributed by atoms with E-state index >= 15 is 0 Å². The van der Waals surface area contributed by atoms with Gasteiger partial charge in [0.15, 0.2) is 11.5 Å². The number of hydrogen-bond acceptors (Lipinski definition) is 6. The Morgan fingerprint density at radius 2 is 1.92 bits per heavy atom. The highest BCUT2D eigenvalue weighted by Crippen LogP contribution is 2.33. The summed E-state index contributed by atoms with van der Waals surface area (Å²) in [6, 6.07) is 10.6. The summed E-state index contributed by atoms with van der Waals surface area (Å²) < 4.78 is 17.1. The fourth-order valence-electron chi connectivity index (χ4n) is 2.24. The zero-order valence-corrected chi connectivity index (χ0v) is 16.0. The first-order valence-corrected chi connectivity index (χ1v) is 8.84. The van der Waals surface area contributed by atoms with E-state index in [1.807, 2.05) is 25.1 Å². The molecule has 6 nitrogen and oxygen atoms in total. The maximum atomic E-state index is 9.62. The van der Waals surface area contributed by atoms with Gasteiger partial charge < -0.3 is 19.1 Å². The normalized spacial score (nSPS) is 10.7. The third kappa shape index (κ3) is 3.87. The number of ether oxygens (including phenoxy) is 2. The number of nitrogens with zero attached hydrogens (tertiary/aromatic N) is 2. The standard InChI is InChI=1S/C18H17IN2O4/c1-3-8-24-15-7-5-12(10-16(15)23-2)18-20-17(21-25-18)11-4-6-14(22)13(19)9-11/h4-7,9-10,22H,3,8H2,1-2H3. The largest absolute Gasteiger partial charge is 0.507 e. The molecule has 0 saturated heterocycles. The smallest absolute Gasteiger partial charge is 0.258 e. The lowest BCUT2D eigenvalue weighted by atomic mass is 10.2. The maximum Gasteiger partial charge on any atom is 0.258 e. The van der Waals surface area contributed by atoms with E-state index < -0.39 is 0 Å². The molecule has 0 aliphatic carbocycles. The summed E-state index contributed by atoms with van der Waals surface area (Å²) in [6.07, 6.45) is 0.920. The first-order chi connectivity index (χ1) is 12.1. The molecule has 0 saturated carbocycles. The Morgan fingerprint density at radius 1 is 1.12 bits per heavy atom. The highest BCUT2D eigenvalue weighted by atomic mass is 127. The molecule has 0 spiro atoms. The Hall–Kier alpha value is -2.29. The summed E-state index contributed by atoms with van der Waals surface area (Å²) in [5.41, 5.74) is 1.51. The van der Waals surface area contributed by atoms with Gasteiger partial charge in [-0.1, -0.05) is 12.1 Å². The summed E-state index contributed by atoms with van der Waals surface area (Å²) >= 11 is 2.05. The molecule has 2 aromatic carbocycles. The average molecular weight is 452 g/mol. The van der Waals surface area contributed by atoms with E-state index in [9.17, 15) is 5.11 Å². The molecule has 130 valence electrons. The second-order valence-electron chi connectivity index (χ2n) is 5.30. The van der Waals surface area contributed by atoms with Crippen LogP contribution >= 0.6 is 22.6 Å². The molecule has 0 aliphatic rings. The van der Waals surface area contributed by atoms with Crippen LogP contribution in [0, 0.1) is 3.57 Å². The SMILES string of the molecule is CCCOc1ccc(-c2nc(-c3ccc(O)c(I)c3)no2)cc1OC. The number of hydrogen-bond donors (Lipinski definition) is 1. The van der Waals surface area contributed by atoms with Gasteiger partial charge in [-0.2, -0.15) is 4.98 Å². The van der Waals surface area contributed by atoms with E-state index in [4.69, 9.17) is 14.0 Å². The number of phenolic OH excluding ortho intramolecular Hbond substituents is 1. The first kappa shape index (κ1) is 17.5. The Balaban J connectivity index is 1.90. The van der Waals surface area contributed by atoms with Crippen molar-refractivity contribution in [2.24, 2.45) is 0 Å². The Morgan fingerprint density at radius 3 is 2.64 bits per heavy atom. The lowest BCUT2D eigenvalue weighted by molar-refractivity contribution is 0.294. The van der Waals surface area contributed by atoms with Crippen LogP contribution in [0.1, 0.15) is 13.3 Å². The van der Waals surface area contributed by atoms with E-state index in [1.165, 1.54) is 0 Å². The van der Waals surface area contributed by atoms with Gasteiger partial charge in [-0.25, -0.2) is 0 Å². The first-order valence-electron chi connectivity index (χ1n) is 7.76. The van der Waals surface area contributed by atoms with Crippen molar-refractivity contribution in [3.63, 3.8) is 0 Å². The fourth-order valence-corrected chi connectivity index (χ4v) is 2.75. The van der Waals surface area contributed by atoms with E-state index in [2.05, 4.69) is 32.7 Å². The zero-order valence-electron chi connectivity index (χ0n) is 13.8. The highest BCUT2D eigenvalue weighted by molar-refractivity contribution is 14.1. The molecular weight excluding hydrogens is 435 g/mol. The molecule has 1 N–H and O–H groups in total. The number of aromatic hydroxyl groups is 1. The minimum Gasteiger partial charge on any atom is -0.507 e. The van der Waals surface area contributed by atoms with Crippen LogP contribution in [-0.2, 0) is 0 Å². The average Bonchev–Trinajstić information content (AvgIpc) is 3.12. The van der Waals surface area contributed by atoms with Gasteiger partial charge in [-0.05, 0) is 65.4 Å². The number of aromatic nitrogens is 2. The van der Waals surface area contributed by atoms with Crippen LogP contribution in [0.25, 0.3) is 22.8 Å². The summed E-state index contributed by atoms with van der Waals surface area (Å²) in [4.78, 5) is 4.43. The number of rotatable bonds is 6. The van der Waals surface area contributed by atoms with Crippen molar-refractivity contribution < 1.29 is 19.1 Å². The van der Waals surface area contributed by atoms with E-state index in [-0.39, 0.29) is 5.75 Å². The maximum absolute atomic E-state index is 9.62. The van der Waals surface area contributed by atoms with Gasteiger partial charge in [0, 0.05) is 11.1 Å². The molecule has 3 rings (SSSR count). The minimum absolute atomic E-state index is 0.223. The molecular formula is C18H17IN2O4. The fraction of sp³-hybridized carbons (Fsp3) is 0.222. The molecule has 25 heavy (non-hydrogen) atoms. The van der Waals surface area contributed by atoms with Crippen molar-refractivity contribution in [1.82, 2.24) is 10.1 Å². The van der Waals surface area contributed by atoms with Gasteiger partial charge in [0.05, 0.1) is 17.3 Å². The van der Waals surface area contributed by atoms with Crippen LogP contribution < -0.4 is 9.47 Å². The predicted octanol–water partition coefficient (Wildman–Crippen LogP) is 4.51. The van der Waals surface area contributed by atoms with Gasteiger partial charge in [0.2, 0.25) is 5.82 Å². The number of phenols is 1. The lowest BCUT2D eigenvalue weighted by Gasteiger charge is -2.10. The van der Waals surface area contributed by atoms with Crippen molar-refractivity contribution >= 4 is 22.6 Å². The van der Waals surface area contributed by atoms with E-state index in [0.717, 1.165) is 21.1 Å². The summed E-state index contributed by atoms with van der Waals surface area (Å²) in [7, 11) is 1.59. The third-order valence-corrected chi connectivity index (χ3v) is 4.37. The molecule has 0 radical (unpaired) electrons. The van der Waals surface area contributed by atoms with Crippen LogP contribution in [0.15, 0.2) is 40.9 Å². The zero-order chi connectivity index (χ0) is 17.8. The van der Waals surface area contributed by atoms with Crippen molar-refractivity contribution in [1.29, 1.82) is 0 Å². The Bertz CT molecular complexity index is 879. The Labute approximate surface area is 158 Å². The summed E-state index contributed by atoms with van der Waals surface area (Å²) in [5.74, 6) is 2.36. The van der Waals surface area contributed by atoms with Crippen molar-refractivity contribution in [2.45, 2.75) is 13.3 Å². The molecule has 0 atom stereocenters. The van der Waals surface area contributed by atoms with Crippen LogP contribution in [-0.4, -0.2) is 29.0 Å². The molecule has 1 heterocycles. The number of halogens is 1. The number of benzene rings is 2. The molecule has 0 amide bonds. The third-order valence-electron chi connectivity index (χ3n) is 3.50. The summed E-state index contributed by atoms with van der Waals surface area (Å²) in [5, 5.41) is 13.6. The quantitative estimate of drug-likeness (QED) is 0.555. The molecule has 0 bridgehead atoms. The van der Waals surface area contributed by atoms with Gasteiger partial charge in [-0.3, -0.25) is 0 Å². The molecule has 0 fully saturated rings. The van der Waals surface area contributed by atoms with Crippen molar-refractivity contribution in [3.8, 4) is 40.1 Å². The van der Waals surface area contributed by atoms with Crippen LogP contribution in [0.4, 0.5) is 0 Å². The van der Waals surface area contributed by atoms with Gasteiger partial charge in [0.25, 0.3) is 5.89 Å². The topological polar surface area (TPSA) is 77.6 Å². The van der Waals surface area contributed by atoms with Gasteiger partial charge >= 0.3 is 0 Å². The van der Waals surface area contributed by atoms with Crippen molar-refractivity contribution in [2.75, 3.05) is 13.7 Å². The minimum atomic E-state index is 0.223.